The van der Waals surface area contributed by atoms with Gasteiger partial charge in [-0.1, -0.05) is 29.8 Å². The van der Waals surface area contributed by atoms with E-state index in [1.54, 1.807) is 24.3 Å². The average Bonchev–Trinajstić information content (AvgIpc) is 2.48. The van der Waals surface area contributed by atoms with Gasteiger partial charge >= 0.3 is 6.03 Å². The van der Waals surface area contributed by atoms with E-state index in [2.05, 4.69) is 10.5 Å². The number of benzene rings is 1. The number of hydrogen-bond acceptors (Lipinski definition) is 4. The molecule has 0 radical (unpaired) electrons. The van der Waals surface area contributed by atoms with E-state index in [1.807, 2.05) is 19.1 Å². The summed E-state index contributed by atoms with van der Waals surface area (Å²) in [6, 6.07) is 6.60. The predicted molar refractivity (Wildman–Crippen MR) is 78.8 cm³/mol. The lowest BCUT2D eigenvalue weighted by molar-refractivity contribution is -0.104. The first-order valence-corrected chi connectivity index (χ1v) is 6.33. The second-order valence-electron chi connectivity index (χ2n) is 4.46. The number of primary amides is 1. The summed E-state index contributed by atoms with van der Waals surface area (Å²) in [5, 5.41) is 3.88. The van der Waals surface area contributed by atoms with Crippen molar-refractivity contribution in [3.8, 4) is 5.75 Å². The van der Waals surface area contributed by atoms with Crippen LogP contribution in [-0.2, 0) is 4.79 Å². The van der Waals surface area contributed by atoms with E-state index in [0.717, 1.165) is 5.56 Å². The third-order valence-electron chi connectivity index (χ3n) is 2.80. The van der Waals surface area contributed by atoms with Crippen molar-refractivity contribution in [2.75, 3.05) is 0 Å². The summed E-state index contributed by atoms with van der Waals surface area (Å²) in [6.07, 6.45) is 4.52. The number of carbonyl (C=O) groups is 2. The molecule has 0 unspecified atom stereocenters. The number of ether oxygens (including phenoxy) is 1. The van der Waals surface area contributed by atoms with Gasteiger partial charge in [0.15, 0.2) is 12.0 Å². The summed E-state index contributed by atoms with van der Waals surface area (Å²) >= 11 is 0. The molecule has 0 aromatic heterocycles. The van der Waals surface area contributed by atoms with E-state index < -0.39 is 6.03 Å². The van der Waals surface area contributed by atoms with Gasteiger partial charge in [0.05, 0.1) is 5.57 Å². The van der Waals surface area contributed by atoms with Gasteiger partial charge in [-0.2, -0.15) is 5.10 Å². The lowest BCUT2D eigenvalue weighted by Gasteiger charge is -2.16. The van der Waals surface area contributed by atoms with E-state index in [-0.39, 0.29) is 0 Å². The molecule has 0 saturated carbocycles. The van der Waals surface area contributed by atoms with Gasteiger partial charge in [-0.15, -0.1) is 0 Å². The molecule has 1 aromatic carbocycles. The molecule has 21 heavy (non-hydrogen) atoms. The van der Waals surface area contributed by atoms with Gasteiger partial charge in [0.25, 0.3) is 0 Å². The van der Waals surface area contributed by atoms with Gasteiger partial charge < -0.3 is 10.5 Å². The van der Waals surface area contributed by atoms with Crippen molar-refractivity contribution in [3.05, 3.63) is 53.3 Å². The van der Waals surface area contributed by atoms with Crippen LogP contribution in [0.5, 0.6) is 5.75 Å². The lowest BCUT2D eigenvalue weighted by atomic mass is 10.0. The van der Waals surface area contributed by atoms with Crippen LogP contribution >= 0.6 is 0 Å². The number of nitrogens with two attached hydrogens (primary N) is 1. The largest absolute Gasteiger partial charge is 0.455 e. The first-order chi connectivity index (χ1) is 10.1. The van der Waals surface area contributed by atoms with Gasteiger partial charge in [-0.3, -0.25) is 4.79 Å². The van der Waals surface area contributed by atoms with Gasteiger partial charge in [0.2, 0.25) is 0 Å². The molecule has 0 saturated heterocycles. The molecule has 6 heteroatoms. The number of nitrogens with zero attached hydrogens (tertiary/aromatic N) is 1. The van der Waals surface area contributed by atoms with Gasteiger partial charge in [0, 0.05) is 6.42 Å². The Morgan fingerprint density at radius 3 is 2.71 bits per heavy atom. The van der Waals surface area contributed by atoms with Crippen molar-refractivity contribution in [2.45, 2.75) is 13.3 Å². The van der Waals surface area contributed by atoms with Crippen molar-refractivity contribution < 1.29 is 14.3 Å². The van der Waals surface area contributed by atoms with Crippen LogP contribution < -0.4 is 15.9 Å². The Kier molecular flexibility index (Phi) is 4.50. The summed E-state index contributed by atoms with van der Waals surface area (Å²) < 4.78 is 5.73. The molecule has 3 N–H and O–H groups in total. The summed E-state index contributed by atoms with van der Waals surface area (Å²) in [6.45, 7) is 1.97. The highest BCUT2D eigenvalue weighted by atomic mass is 16.5. The van der Waals surface area contributed by atoms with E-state index in [1.165, 1.54) is 0 Å². The van der Waals surface area contributed by atoms with Crippen LogP contribution in [0.25, 0.3) is 0 Å². The van der Waals surface area contributed by atoms with Gasteiger partial charge in [-0.05, 0) is 19.1 Å². The summed E-state index contributed by atoms with van der Waals surface area (Å²) in [5.41, 5.74) is 9.02. The Hall–Kier alpha value is -2.89. The minimum atomic E-state index is -0.778. The number of aryl methyl sites for hydroxylation is 1. The zero-order valence-corrected chi connectivity index (χ0v) is 11.5. The molecular weight excluding hydrogens is 270 g/mol. The van der Waals surface area contributed by atoms with Crippen LogP contribution in [-0.4, -0.2) is 18.0 Å². The minimum absolute atomic E-state index is 0.310. The molecule has 6 nitrogen and oxygen atoms in total. The van der Waals surface area contributed by atoms with Crippen LogP contribution in [0.3, 0.4) is 0 Å². The Morgan fingerprint density at radius 2 is 2.10 bits per heavy atom. The van der Waals surface area contributed by atoms with Gasteiger partial charge in [0.1, 0.15) is 11.5 Å². The highest BCUT2D eigenvalue weighted by molar-refractivity contribution is 6.06. The summed E-state index contributed by atoms with van der Waals surface area (Å²) in [5.74, 6) is 0.891. The van der Waals surface area contributed by atoms with Crippen LogP contribution in [0, 0.1) is 6.92 Å². The number of hydrogen-bond donors (Lipinski definition) is 2. The van der Waals surface area contributed by atoms with Crippen molar-refractivity contribution in [3.63, 3.8) is 0 Å². The SMILES string of the molecule is Cc1ccc(OC2=C(C=O)C=CCC2=NNC(N)=O)cc1. The number of urea groups is 1. The smallest absolute Gasteiger partial charge is 0.332 e. The first-order valence-electron chi connectivity index (χ1n) is 6.33. The Morgan fingerprint density at radius 1 is 1.38 bits per heavy atom. The first kappa shape index (κ1) is 14.5. The van der Waals surface area contributed by atoms with Crippen molar-refractivity contribution in [1.82, 2.24) is 5.43 Å². The number of rotatable bonds is 4. The Labute approximate surface area is 122 Å². The summed E-state index contributed by atoms with van der Waals surface area (Å²) in [7, 11) is 0. The fourth-order valence-electron chi connectivity index (χ4n) is 1.79. The Bertz CT molecular complexity index is 643. The maximum Gasteiger partial charge on any atom is 0.332 e. The van der Waals surface area contributed by atoms with E-state index in [0.29, 0.717) is 35.5 Å². The van der Waals surface area contributed by atoms with Crippen LogP contribution in [0.1, 0.15) is 12.0 Å². The second kappa shape index (κ2) is 6.51. The zero-order chi connectivity index (χ0) is 15.2. The monoisotopic (exact) mass is 285 g/mol. The fraction of sp³-hybridized carbons (Fsp3) is 0.133. The van der Waals surface area contributed by atoms with E-state index in [9.17, 15) is 9.59 Å². The number of aldehydes is 1. The molecule has 0 aliphatic heterocycles. The maximum absolute atomic E-state index is 11.1. The van der Waals surface area contributed by atoms with Crippen molar-refractivity contribution >= 4 is 18.0 Å². The van der Waals surface area contributed by atoms with Crippen molar-refractivity contribution in [2.24, 2.45) is 10.8 Å². The molecule has 2 amide bonds. The molecule has 0 fully saturated rings. The molecular formula is C15H15N3O3. The summed E-state index contributed by atoms with van der Waals surface area (Å²) in [4.78, 5) is 21.9. The van der Waals surface area contributed by atoms with Crippen LogP contribution in [0.2, 0.25) is 0 Å². The number of nitrogens with one attached hydrogen (secondary N) is 1. The molecule has 1 aliphatic carbocycles. The number of amides is 2. The topological polar surface area (TPSA) is 93.8 Å². The molecule has 0 spiro atoms. The minimum Gasteiger partial charge on any atom is -0.455 e. The standard InChI is InChI=1S/C15H15N3O3/c1-10-5-7-12(8-6-10)21-14-11(9-19)3-2-4-13(14)17-18-15(16)20/h2-3,5-9H,4H2,1H3,(H3,16,18,20). The van der Waals surface area contributed by atoms with Gasteiger partial charge in [-0.25, -0.2) is 10.2 Å². The zero-order valence-electron chi connectivity index (χ0n) is 11.5. The molecule has 0 bridgehead atoms. The highest BCUT2D eigenvalue weighted by Gasteiger charge is 2.18. The normalized spacial score (nSPS) is 16.0. The van der Waals surface area contributed by atoms with Crippen LogP contribution in [0.15, 0.2) is 52.9 Å². The molecule has 2 rings (SSSR count). The van der Waals surface area contributed by atoms with Crippen LogP contribution in [0.4, 0.5) is 4.79 Å². The Balaban J connectivity index is 2.32. The number of carbonyl (C=O) groups excluding carboxylic acids is 2. The van der Waals surface area contributed by atoms with Crippen molar-refractivity contribution in [1.29, 1.82) is 0 Å². The highest BCUT2D eigenvalue weighted by Crippen LogP contribution is 2.21. The molecule has 108 valence electrons. The number of allylic oxidation sites excluding steroid dienone is 4. The number of hydrazone groups is 1. The molecule has 0 atom stereocenters. The third-order valence-corrected chi connectivity index (χ3v) is 2.80. The van der Waals surface area contributed by atoms with E-state index >= 15 is 0 Å². The predicted octanol–water partition coefficient (Wildman–Crippen LogP) is 1.81. The third kappa shape index (κ3) is 3.79. The second-order valence-corrected chi connectivity index (χ2v) is 4.46. The fourth-order valence-corrected chi connectivity index (χ4v) is 1.79. The molecule has 1 aliphatic rings. The maximum atomic E-state index is 11.1. The van der Waals surface area contributed by atoms with E-state index in [4.69, 9.17) is 10.5 Å². The average molecular weight is 285 g/mol. The molecule has 0 heterocycles. The molecule has 1 aromatic rings. The quantitative estimate of drug-likeness (QED) is 0.652. The lowest BCUT2D eigenvalue weighted by Crippen LogP contribution is -2.27.